The summed E-state index contributed by atoms with van der Waals surface area (Å²) in [5, 5.41) is 16.3. The van der Waals surface area contributed by atoms with E-state index in [4.69, 9.17) is 0 Å². The van der Waals surface area contributed by atoms with Crippen LogP contribution in [0.2, 0.25) is 0 Å². The number of allylic oxidation sites excluding steroid dienone is 5. The van der Waals surface area contributed by atoms with E-state index in [0.29, 0.717) is 0 Å². The predicted octanol–water partition coefficient (Wildman–Crippen LogP) is 8.10. The van der Waals surface area contributed by atoms with Crippen molar-refractivity contribution in [1.82, 2.24) is 24.8 Å². The molecule has 45 heavy (non-hydrogen) atoms. The lowest BCUT2D eigenvalue weighted by molar-refractivity contribution is -0.139. The molecule has 1 unspecified atom stereocenters. The molecule has 2 heterocycles. The highest BCUT2D eigenvalue weighted by Crippen LogP contribution is 2.35. The second-order valence-electron chi connectivity index (χ2n) is 10.0. The zero-order chi connectivity index (χ0) is 33.2. The van der Waals surface area contributed by atoms with Gasteiger partial charge in [-0.05, 0) is 37.0 Å². The number of carboxylic acid groups (broad SMARTS) is 1. The minimum atomic E-state index is -1.06. The van der Waals surface area contributed by atoms with Crippen LogP contribution in [0.3, 0.4) is 0 Å². The molecule has 4 aromatic rings. The normalized spacial score (nSPS) is 15.8. The largest absolute Gasteiger partial charge is 0.480 e. The lowest BCUT2D eigenvalue weighted by Crippen LogP contribution is -2.53. The van der Waals surface area contributed by atoms with Crippen LogP contribution in [0.4, 0.5) is 4.79 Å². The van der Waals surface area contributed by atoms with Gasteiger partial charge in [0, 0.05) is 42.7 Å². The molecule has 8 nitrogen and oxygen atoms in total. The number of nitrogens with zero attached hydrogens (tertiary/aromatic N) is 3. The molecule has 1 aliphatic rings. The highest BCUT2D eigenvalue weighted by Gasteiger charge is 2.33. The summed E-state index contributed by atoms with van der Waals surface area (Å²) in [4.78, 5) is 28.8. The van der Waals surface area contributed by atoms with Crippen molar-refractivity contribution >= 4 is 22.9 Å². The van der Waals surface area contributed by atoms with Crippen LogP contribution in [-0.2, 0) is 18.3 Å². The van der Waals surface area contributed by atoms with Crippen LogP contribution in [0, 0.1) is 0 Å². The summed E-state index contributed by atoms with van der Waals surface area (Å²) in [7, 11) is 1.93. The Balaban J connectivity index is 0.000000561. The molecule has 240 valence electrons. The lowest BCUT2D eigenvalue weighted by atomic mass is 9.86. The average Bonchev–Trinajstić information content (AvgIpc) is 3.66. The van der Waals surface area contributed by atoms with Crippen LogP contribution in [0.15, 0.2) is 110 Å². The Labute approximate surface area is 268 Å². The highest BCUT2D eigenvalue weighted by atomic mass is 16.4. The lowest BCUT2D eigenvalue weighted by Gasteiger charge is -2.37. The molecule has 1 saturated carbocycles. The summed E-state index contributed by atoms with van der Waals surface area (Å²) in [6.07, 6.45) is 16.9. The first-order valence-corrected chi connectivity index (χ1v) is 15.7. The molecule has 1 aliphatic carbocycles. The van der Waals surface area contributed by atoms with Crippen molar-refractivity contribution in [1.29, 1.82) is 0 Å². The van der Waals surface area contributed by atoms with Gasteiger partial charge >= 0.3 is 12.0 Å². The fourth-order valence-corrected chi connectivity index (χ4v) is 5.01. The first-order chi connectivity index (χ1) is 21.9. The maximum absolute atomic E-state index is 12.6. The Morgan fingerprint density at radius 3 is 2.33 bits per heavy atom. The third-order valence-corrected chi connectivity index (χ3v) is 7.14. The summed E-state index contributed by atoms with van der Waals surface area (Å²) in [6, 6.07) is 16.7. The number of rotatable bonds is 9. The molecule has 3 N–H and O–H groups in total. The molecular weight excluding hydrogens is 562 g/mol. The number of imidazole rings is 1. The Hall–Kier alpha value is -4.85. The van der Waals surface area contributed by atoms with E-state index in [1.165, 1.54) is 0 Å². The number of carbonyl (C=O) groups excluding carboxylic acids is 1. The van der Waals surface area contributed by atoms with Gasteiger partial charge in [-0.1, -0.05) is 113 Å². The van der Waals surface area contributed by atoms with Gasteiger partial charge < -0.3 is 24.9 Å². The second kappa shape index (κ2) is 19.4. The highest BCUT2D eigenvalue weighted by molar-refractivity contribution is 5.86. The van der Waals surface area contributed by atoms with Gasteiger partial charge in [0.25, 0.3) is 0 Å². The van der Waals surface area contributed by atoms with Crippen molar-refractivity contribution in [3.63, 3.8) is 0 Å². The van der Waals surface area contributed by atoms with E-state index in [9.17, 15) is 14.7 Å². The van der Waals surface area contributed by atoms with E-state index in [1.807, 2.05) is 132 Å². The molecule has 0 spiro atoms. The number of para-hydroxylation sites is 1. The van der Waals surface area contributed by atoms with E-state index in [-0.39, 0.29) is 18.5 Å². The number of aryl methyl sites for hydroxylation is 1. The van der Waals surface area contributed by atoms with Crippen molar-refractivity contribution in [3.05, 3.63) is 116 Å². The Bertz CT molecular complexity index is 1530. The van der Waals surface area contributed by atoms with E-state index in [2.05, 4.69) is 38.9 Å². The van der Waals surface area contributed by atoms with Gasteiger partial charge in [-0.3, -0.25) is 0 Å². The summed E-state index contributed by atoms with van der Waals surface area (Å²) in [6.45, 7) is 13.5. The van der Waals surface area contributed by atoms with Crippen LogP contribution in [0.25, 0.3) is 22.2 Å². The molecule has 2 amide bonds. The predicted molar refractivity (Wildman–Crippen MR) is 186 cm³/mol. The maximum Gasteiger partial charge on any atom is 0.326 e. The van der Waals surface area contributed by atoms with E-state index >= 15 is 0 Å². The number of aromatic nitrogens is 3. The fraction of sp³-hybridized carbons (Fsp3) is 0.324. The molecule has 1 fully saturated rings. The minimum Gasteiger partial charge on any atom is -0.480 e. The van der Waals surface area contributed by atoms with Crippen LogP contribution >= 0.6 is 0 Å². The van der Waals surface area contributed by atoms with Gasteiger partial charge in [-0.2, -0.15) is 0 Å². The number of aliphatic carboxylic acids is 1. The Morgan fingerprint density at radius 2 is 1.69 bits per heavy atom. The standard InChI is InChI=1S/C26H27N5O3.C7H10.2C2H6/c1-30-15-18(21-9-5-6-10-23(21)30)11-22(25(32)33)29-26(34)28-19-12-20(13-19)31-16-27-14-24(31)17-7-3-2-4-8-17;1-3-5-7-6-4-2;2*1-2/h2-10,14-16,19-20,22H,11-13H2,1H3,(H,32,33)(H2,28,29,34);3-7H,1H2,2H3;2*1-2H3/b;6-4-,7-5-;;. The molecule has 2 aromatic carbocycles. The number of amides is 2. The third-order valence-electron chi connectivity index (χ3n) is 7.14. The van der Waals surface area contributed by atoms with Crippen LogP contribution in [-0.4, -0.2) is 43.3 Å². The van der Waals surface area contributed by atoms with Crippen LogP contribution in [0.1, 0.15) is 59.1 Å². The smallest absolute Gasteiger partial charge is 0.326 e. The first-order valence-electron chi connectivity index (χ1n) is 15.7. The van der Waals surface area contributed by atoms with Crippen molar-refractivity contribution in [2.75, 3.05) is 0 Å². The summed E-state index contributed by atoms with van der Waals surface area (Å²) < 4.78 is 4.12. The zero-order valence-electron chi connectivity index (χ0n) is 27.5. The number of nitrogens with one attached hydrogen (secondary N) is 2. The number of carbonyl (C=O) groups is 2. The first kappa shape index (κ1) is 36.3. The van der Waals surface area contributed by atoms with Crippen LogP contribution in [0.5, 0.6) is 0 Å². The Kier molecular flexibility index (Phi) is 15.7. The van der Waals surface area contributed by atoms with Gasteiger partial charge in [-0.25, -0.2) is 14.6 Å². The molecule has 0 aliphatic heterocycles. The van der Waals surface area contributed by atoms with E-state index in [1.54, 1.807) is 6.08 Å². The number of urea groups is 1. The summed E-state index contributed by atoms with van der Waals surface area (Å²) >= 11 is 0. The quantitative estimate of drug-likeness (QED) is 0.167. The molecule has 2 aromatic heterocycles. The topological polar surface area (TPSA) is 101 Å². The number of fused-ring (bicyclic) bond motifs is 1. The van der Waals surface area contributed by atoms with Gasteiger partial charge in [0.15, 0.2) is 0 Å². The van der Waals surface area contributed by atoms with Crippen molar-refractivity contribution in [3.8, 4) is 11.3 Å². The SMILES string of the molecule is C=C/C=C\C=C/C.CC.CC.Cn1cc(CC(NC(=O)NC2CC(n3cncc3-c3ccccc3)C2)C(=O)O)c2ccccc21. The molecule has 1 atom stereocenters. The average molecular weight is 612 g/mol. The molecule has 8 heteroatoms. The minimum absolute atomic E-state index is 0.0111. The number of hydrogen-bond acceptors (Lipinski definition) is 3. The summed E-state index contributed by atoms with van der Waals surface area (Å²) in [5.41, 5.74) is 4.07. The molecular formula is C37H49N5O3. The molecule has 5 rings (SSSR count). The number of benzene rings is 2. The number of hydrogen-bond donors (Lipinski definition) is 3. The third kappa shape index (κ3) is 10.4. The van der Waals surface area contributed by atoms with E-state index < -0.39 is 18.0 Å². The van der Waals surface area contributed by atoms with Gasteiger partial charge in [0.2, 0.25) is 0 Å². The van der Waals surface area contributed by atoms with Crippen molar-refractivity contribution in [2.24, 2.45) is 7.05 Å². The summed E-state index contributed by atoms with van der Waals surface area (Å²) in [5.74, 6) is -1.06. The zero-order valence-corrected chi connectivity index (χ0v) is 27.5. The van der Waals surface area contributed by atoms with Crippen molar-refractivity contribution < 1.29 is 14.7 Å². The van der Waals surface area contributed by atoms with Gasteiger partial charge in [-0.15, -0.1) is 0 Å². The van der Waals surface area contributed by atoms with Gasteiger partial charge in [0.05, 0.1) is 18.2 Å². The molecule has 0 bridgehead atoms. The second-order valence-corrected chi connectivity index (χ2v) is 10.0. The molecule has 0 saturated heterocycles. The maximum atomic E-state index is 12.6. The van der Waals surface area contributed by atoms with Crippen LogP contribution < -0.4 is 10.6 Å². The number of carboxylic acids is 1. The monoisotopic (exact) mass is 611 g/mol. The van der Waals surface area contributed by atoms with Crippen molar-refractivity contribution in [2.45, 2.75) is 72.0 Å². The van der Waals surface area contributed by atoms with Gasteiger partial charge in [0.1, 0.15) is 6.04 Å². The fourth-order valence-electron chi connectivity index (χ4n) is 5.01. The van der Waals surface area contributed by atoms with E-state index in [0.717, 1.165) is 40.6 Å². The Morgan fingerprint density at radius 1 is 1.02 bits per heavy atom. The molecule has 0 radical (unpaired) electrons.